The Balaban J connectivity index is 1.76. The van der Waals surface area contributed by atoms with Crippen molar-refractivity contribution in [3.05, 3.63) is 49.1 Å². The highest BCUT2D eigenvalue weighted by molar-refractivity contribution is 5.13. The molecule has 0 aromatic carbocycles. The fourth-order valence-corrected chi connectivity index (χ4v) is 2.42. The van der Waals surface area contributed by atoms with Gasteiger partial charge in [0.15, 0.2) is 5.89 Å². The predicted molar refractivity (Wildman–Crippen MR) is 62.2 cm³/mol. The summed E-state index contributed by atoms with van der Waals surface area (Å²) in [6.45, 7) is 0. The zero-order chi connectivity index (χ0) is 11.5. The maximum Gasteiger partial charge on any atom is 0.197 e. The van der Waals surface area contributed by atoms with Gasteiger partial charge in [0, 0.05) is 30.4 Å². The first kappa shape index (κ1) is 10.4. The van der Waals surface area contributed by atoms with Crippen LogP contribution in [0.3, 0.4) is 0 Å². The summed E-state index contributed by atoms with van der Waals surface area (Å²) in [6.07, 6.45) is 14.2. The van der Waals surface area contributed by atoms with Crippen LogP contribution in [0.15, 0.2) is 35.5 Å². The van der Waals surface area contributed by atoms with E-state index in [4.69, 9.17) is 4.42 Å². The Morgan fingerprint density at radius 3 is 2.94 bits per heavy atom. The first-order valence-electron chi connectivity index (χ1n) is 5.92. The van der Waals surface area contributed by atoms with Gasteiger partial charge in [-0.1, -0.05) is 0 Å². The average Bonchev–Trinajstić information content (AvgIpc) is 2.94. The molecule has 1 aliphatic carbocycles. The van der Waals surface area contributed by atoms with Crippen LogP contribution < -0.4 is 0 Å². The van der Waals surface area contributed by atoms with Crippen LogP contribution in [-0.4, -0.2) is 15.0 Å². The number of aromatic nitrogens is 3. The molecule has 0 amide bonds. The first-order chi connectivity index (χ1) is 8.43. The van der Waals surface area contributed by atoms with Crippen LogP contribution in [0.25, 0.3) is 0 Å². The van der Waals surface area contributed by atoms with Crippen molar-refractivity contribution in [2.75, 3.05) is 0 Å². The van der Waals surface area contributed by atoms with Gasteiger partial charge in [-0.15, -0.1) is 0 Å². The smallest absolute Gasteiger partial charge is 0.197 e. The first-order valence-corrected chi connectivity index (χ1v) is 5.92. The van der Waals surface area contributed by atoms with Gasteiger partial charge < -0.3 is 4.42 Å². The van der Waals surface area contributed by atoms with E-state index in [2.05, 4.69) is 21.4 Å². The van der Waals surface area contributed by atoms with Gasteiger partial charge in [-0.3, -0.25) is 9.97 Å². The third-order valence-corrected chi connectivity index (χ3v) is 3.27. The van der Waals surface area contributed by atoms with E-state index in [1.54, 1.807) is 24.9 Å². The van der Waals surface area contributed by atoms with Crippen molar-refractivity contribution in [2.45, 2.75) is 31.1 Å². The Labute approximate surface area is 100 Å². The summed E-state index contributed by atoms with van der Waals surface area (Å²) < 4.78 is 5.40. The highest BCUT2D eigenvalue weighted by atomic mass is 16.3. The molecule has 0 bridgehead atoms. The zero-order valence-electron chi connectivity index (χ0n) is 9.49. The van der Waals surface area contributed by atoms with E-state index in [9.17, 15) is 0 Å². The monoisotopic (exact) mass is 228 g/mol. The van der Waals surface area contributed by atoms with Crippen molar-refractivity contribution in [2.24, 2.45) is 0 Å². The molecule has 0 spiro atoms. The summed E-state index contributed by atoms with van der Waals surface area (Å²) in [5.41, 5.74) is 1.05. The van der Waals surface area contributed by atoms with E-state index in [-0.39, 0.29) is 0 Å². The molecule has 1 fully saturated rings. The molecule has 87 valence electrons. The number of oxazole rings is 1. The van der Waals surface area contributed by atoms with Crippen molar-refractivity contribution >= 4 is 0 Å². The molecule has 1 saturated carbocycles. The Hall–Kier alpha value is -1.71. The summed E-state index contributed by atoms with van der Waals surface area (Å²) in [5.74, 6) is 1.63. The Kier molecular flexibility index (Phi) is 2.86. The van der Waals surface area contributed by atoms with Crippen molar-refractivity contribution in [1.29, 1.82) is 0 Å². The lowest BCUT2D eigenvalue weighted by molar-refractivity contribution is 0.372. The van der Waals surface area contributed by atoms with Gasteiger partial charge in [-0.2, -0.15) is 0 Å². The maximum absolute atomic E-state index is 5.40. The largest absolute Gasteiger partial charge is 0.449 e. The van der Waals surface area contributed by atoms with E-state index >= 15 is 0 Å². The van der Waals surface area contributed by atoms with Gasteiger partial charge in [0.25, 0.3) is 0 Å². The summed E-state index contributed by atoms with van der Waals surface area (Å²) >= 11 is 0. The normalized spacial score (nSPS) is 24.7. The second kappa shape index (κ2) is 4.65. The lowest BCUT2D eigenvalue weighted by Gasteiger charge is -2.26. The molecule has 1 radical (unpaired) electrons. The number of nitrogens with zero attached hydrogens (tertiary/aromatic N) is 3. The Morgan fingerprint density at radius 1 is 1.18 bits per heavy atom. The molecule has 17 heavy (non-hydrogen) atoms. The molecule has 1 aliphatic rings. The topological polar surface area (TPSA) is 51.8 Å². The van der Waals surface area contributed by atoms with E-state index in [1.807, 2.05) is 6.20 Å². The van der Waals surface area contributed by atoms with E-state index < -0.39 is 0 Å². The third-order valence-electron chi connectivity index (χ3n) is 3.27. The van der Waals surface area contributed by atoms with Crippen LogP contribution in [0.5, 0.6) is 0 Å². The van der Waals surface area contributed by atoms with Crippen molar-refractivity contribution in [3.8, 4) is 0 Å². The van der Waals surface area contributed by atoms with Crippen LogP contribution in [0, 0.1) is 6.42 Å². The molecule has 2 atom stereocenters. The molecule has 3 rings (SSSR count). The van der Waals surface area contributed by atoms with Crippen LogP contribution in [-0.2, 0) is 0 Å². The fraction of sp³-hybridized carbons (Fsp3) is 0.385. The van der Waals surface area contributed by atoms with E-state index in [0.717, 1.165) is 30.8 Å². The second-order valence-corrected chi connectivity index (χ2v) is 4.35. The quantitative estimate of drug-likeness (QED) is 0.793. The molecule has 0 aliphatic heterocycles. The van der Waals surface area contributed by atoms with Crippen molar-refractivity contribution < 1.29 is 4.42 Å². The lowest BCUT2D eigenvalue weighted by atomic mass is 9.80. The van der Waals surface area contributed by atoms with Crippen LogP contribution in [0.4, 0.5) is 0 Å². The van der Waals surface area contributed by atoms with Crippen LogP contribution >= 0.6 is 0 Å². The minimum Gasteiger partial charge on any atom is -0.449 e. The van der Waals surface area contributed by atoms with Crippen molar-refractivity contribution in [1.82, 2.24) is 15.0 Å². The van der Waals surface area contributed by atoms with Gasteiger partial charge in [0.1, 0.15) is 6.26 Å². The molecule has 2 unspecified atom stereocenters. The molecule has 0 saturated heterocycles. The van der Waals surface area contributed by atoms with Gasteiger partial charge in [0.05, 0.1) is 11.9 Å². The minimum atomic E-state index is 0.370. The van der Waals surface area contributed by atoms with Crippen LogP contribution in [0.2, 0.25) is 0 Å². The van der Waals surface area contributed by atoms with Crippen LogP contribution in [0.1, 0.15) is 42.7 Å². The standard InChI is InChI=1S/C13H14N3O/c1-2-10(12-9-14-4-5-15-12)8-11(3-1)13-16-6-7-17-13/h2,4-7,9-11H,1,3,8H2. The van der Waals surface area contributed by atoms with Gasteiger partial charge in [0.2, 0.25) is 0 Å². The van der Waals surface area contributed by atoms with E-state index in [0.29, 0.717) is 11.8 Å². The highest BCUT2D eigenvalue weighted by Crippen LogP contribution is 2.39. The van der Waals surface area contributed by atoms with Gasteiger partial charge in [-0.05, 0) is 25.7 Å². The SMILES string of the molecule is [CH]1CCC(c2ncco2)CC1c1cnccn1. The average molecular weight is 228 g/mol. The molecule has 4 nitrogen and oxygen atoms in total. The number of hydrogen-bond acceptors (Lipinski definition) is 4. The van der Waals surface area contributed by atoms with E-state index in [1.165, 1.54) is 0 Å². The second-order valence-electron chi connectivity index (χ2n) is 4.35. The third kappa shape index (κ3) is 2.20. The molecular formula is C13H14N3O. The Bertz CT molecular complexity index is 455. The zero-order valence-corrected chi connectivity index (χ0v) is 9.49. The maximum atomic E-state index is 5.40. The molecule has 4 heteroatoms. The van der Waals surface area contributed by atoms with Crippen molar-refractivity contribution in [3.63, 3.8) is 0 Å². The molecular weight excluding hydrogens is 214 g/mol. The molecule has 2 aromatic heterocycles. The summed E-state index contributed by atoms with van der Waals surface area (Å²) in [4.78, 5) is 12.8. The summed E-state index contributed by atoms with van der Waals surface area (Å²) in [6, 6.07) is 0. The number of hydrogen-bond donors (Lipinski definition) is 0. The summed E-state index contributed by atoms with van der Waals surface area (Å²) in [5, 5.41) is 0. The molecule has 2 aromatic rings. The van der Waals surface area contributed by atoms with Gasteiger partial charge >= 0.3 is 0 Å². The molecule has 0 N–H and O–H groups in total. The fourth-order valence-electron chi connectivity index (χ4n) is 2.42. The van der Waals surface area contributed by atoms with Gasteiger partial charge in [-0.25, -0.2) is 4.98 Å². The minimum absolute atomic E-state index is 0.370. The summed E-state index contributed by atoms with van der Waals surface area (Å²) in [7, 11) is 0. The Morgan fingerprint density at radius 2 is 2.18 bits per heavy atom. The highest BCUT2D eigenvalue weighted by Gasteiger charge is 2.27. The predicted octanol–water partition coefficient (Wildman–Crippen LogP) is 2.72. The number of rotatable bonds is 2. The lowest BCUT2D eigenvalue weighted by Crippen LogP contribution is -2.15. The molecule has 2 heterocycles.